The number of nitrogens with one attached hydrogen (secondary N) is 2. The molecule has 0 aromatic carbocycles. The molecule has 112 valence electrons. The molecular formula is C16H32N2O. The highest BCUT2D eigenvalue weighted by atomic mass is 16.1. The first-order chi connectivity index (χ1) is 8.99. The van der Waals surface area contributed by atoms with Crippen molar-refractivity contribution in [3.8, 4) is 0 Å². The molecular weight excluding hydrogens is 236 g/mol. The van der Waals surface area contributed by atoms with Crippen LogP contribution in [0.5, 0.6) is 0 Å². The van der Waals surface area contributed by atoms with Crippen LogP contribution in [0.25, 0.3) is 0 Å². The van der Waals surface area contributed by atoms with E-state index in [9.17, 15) is 4.79 Å². The van der Waals surface area contributed by atoms with Crippen molar-refractivity contribution >= 4 is 5.91 Å². The van der Waals surface area contributed by atoms with Gasteiger partial charge in [0.1, 0.15) is 0 Å². The van der Waals surface area contributed by atoms with Crippen molar-refractivity contribution in [3.63, 3.8) is 0 Å². The maximum atomic E-state index is 12.1. The van der Waals surface area contributed by atoms with Gasteiger partial charge in [0, 0.05) is 19.0 Å². The van der Waals surface area contributed by atoms with Crippen LogP contribution in [-0.4, -0.2) is 25.5 Å². The lowest BCUT2D eigenvalue weighted by Crippen LogP contribution is -2.41. The first-order valence-electron chi connectivity index (χ1n) is 7.97. The highest BCUT2D eigenvalue weighted by molar-refractivity contribution is 5.78. The number of hydrogen-bond donors (Lipinski definition) is 2. The number of carbonyl (C=O) groups is 1. The summed E-state index contributed by atoms with van der Waals surface area (Å²) in [6.45, 7) is 11.2. The quantitative estimate of drug-likeness (QED) is 0.710. The lowest BCUT2D eigenvalue weighted by atomic mass is 9.78. The third kappa shape index (κ3) is 5.52. The van der Waals surface area contributed by atoms with Gasteiger partial charge in [0.2, 0.25) is 5.91 Å². The van der Waals surface area contributed by atoms with E-state index in [0.717, 1.165) is 19.6 Å². The van der Waals surface area contributed by atoms with Crippen LogP contribution in [0, 0.1) is 17.3 Å². The molecule has 3 nitrogen and oxygen atoms in total. The zero-order valence-electron chi connectivity index (χ0n) is 13.2. The maximum Gasteiger partial charge on any atom is 0.224 e. The second kappa shape index (κ2) is 7.88. The molecule has 0 aliphatic heterocycles. The van der Waals surface area contributed by atoms with E-state index in [1.165, 1.54) is 32.1 Å². The zero-order chi connectivity index (χ0) is 14.3. The molecule has 1 rings (SSSR count). The van der Waals surface area contributed by atoms with E-state index in [1.807, 2.05) is 6.92 Å². The van der Waals surface area contributed by atoms with Crippen LogP contribution >= 0.6 is 0 Å². The number of hydrogen-bond acceptors (Lipinski definition) is 2. The predicted molar refractivity (Wildman–Crippen MR) is 81.1 cm³/mol. The van der Waals surface area contributed by atoms with Crippen LogP contribution < -0.4 is 10.6 Å². The SMILES string of the molecule is CCNCC(C)C(=O)NCC1(CC(C)C)CCCC1. The van der Waals surface area contributed by atoms with Crippen molar-refractivity contribution in [1.82, 2.24) is 10.6 Å². The van der Waals surface area contributed by atoms with Crippen molar-refractivity contribution in [1.29, 1.82) is 0 Å². The number of rotatable bonds is 8. The molecule has 1 aliphatic carbocycles. The van der Waals surface area contributed by atoms with Crippen LogP contribution in [0.15, 0.2) is 0 Å². The van der Waals surface area contributed by atoms with Gasteiger partial charge in [-0.3, -0.25) is 4.79 Å². The van der Waals surface area contributed by atoms with Crippen molar-refractivity contribution < 1.29 is 4.79 Å². The molecule has 0 aromatic heterocycles. The van der Waals surface area contributed by atoms with Crippen LogP contribution in [0.4, 0.5) is 0 Å². The van der Waals surface area contributed by atoms with E-state index in [2.05, 4.69) is 31.4 Å². The Bertz CT molecular complexity index is 270. The van der Waals surface area contributed by atoms with E-state index in [-0.39, 0.29) is 11.8 Å². The van der Waals surface area contributed by atoms with Crippen LogP contribution in [0.3, 0.4) is 0 Å². The third-order valence-electron chi connectivity index (χ3n) is 4.29. The van der Waals surface area contributed by atoms with Crippen LogP contribution in [0.1, 0.15) is 59.8 Å². The Hall–Kier alpha value is -0.570. The van der Waals surface area contributed by atoms with Gasteiger partial charge in [0.15, 0.2) is 0 Å². The Morgan fingerprint density at radius 1 is 1.21 bits per heavy atom. The summed E-state index contributed by atoms with van der Waals surface area (Å²) >= 11 is 0. The highest BCUT2D eigenvalue weighted by Gasteiger charge is 2.34. The molecule has 1 amide bonds. The number of carbonyl (C=O) groups excluding carboxylic acids is 1. The fraction of sp³-hybridized carbons (Fsp3) is 0.938. The van der Waals surface area contributed by atoms with Gasteiger partial charge in [-0.05, 0) is 37.1 Å². The summed E-state index contributed by atoms with van der Waals surface area (Å²) in [6.07, 6.45) is 6.47. The second-order valence-electron chi connectivity index (χ2n) is 6.73. The first kappa shape index (κ1) is 16.5. The Morgan fingerprint density at radius 3 is 2.37 bits per heavy atom. The van der Waals surface area contributed by atoms with Crippen molar-refractivity contribution in [2.24, 2.45) is 17.3 Å². The van der Waals surface area contributed by atoms with Crippen molar-refractivity contribution in [2.45, 2.75) is 59.8 Å². The lowest BCUT2D eigenvalue weighted by molar-refractivity contribution is -0.125. The molecule has 0 radical (unpaired) electrons. The predicted octanol–water partition coefficient (Wildman–Crippen LogP) is 2.95. The summed E-state index contributed by atoms with van der Waals surface area (Å²) in [7, 11) is 0. The Morgan fingerprint density at radius 2 is 1.84 bits per heavy atom. The number of amides is 1. The highest BCUT2D eigenvalue weighted by Crippen LogP contribution is 2.42. The zero-order valence-corrected chi connectivity index (χ0v) is 13.2. The van der Waals surface area contributed by atoms with Gasteiger partial charge in [0.25, 0.3) is 0 Å². The van der Waals surface area contributed by atoms with Gasteiger partial charge in [-0.25, -0.2) is 0 Å². The first-order valence-corrected chi connectivity index (χ1v) is 7.97. The fourth-order valence-corrected chi connectivity index (χ4v) is 3.35. The molecule has 2 N–H and O–H groups in total. The summed E-state index contributed by atoms with van der Waals surface area (Å²) in [5, 5.41) is 6.44. The summed E-state index contributed by atoms with van der Waals surface area (Å²) in [5.41, 5.74) is 0.377. The van der Waals surface area contributed by atoms with Crippen molar-refractivity contribution in [3.05, 3.63) is 0 Å². The maximum absolute atomic E-state index is 12.1. The molecule has 0 saturated heterocycles. The van der Waals surface area contributed by atoms with E-state index < -0.39 is 0 Å². The van der Waals surface area contributed by atoms with E-state index >= 15 is 0 Å². The van der Waals surface area contributed by atoms with Crippen molar-refractivity contribution in [2.75, 3.05) is 19.6 Å². The largest absolute Gasteiger partial charge is 0.355 e. The summed E-state index contributed by atoms with van der Waals surface area (Å²) in [6, 6.07) is 0. The molecule has 3 heteroatoms. The Balaban J connectivity index is 2.41. The van der Waals surface area contributed by atoms with Crippen LogP contribution in [-0.2, 0) is 4.79 Å². The minimum absolute atomic E-state index is 0.0671. The van der Waals surface area contributed by atoms with Gasteiger partial charge < -0.3 is 10.6 Å². The molecule has 0 bridgehead atoms. The molecule has 1 fully saturated rings. The minimum Gasteiger partial charge on any atom is -0.355 e. The van der Waals surface area contributed by atoms with Gasteiger partial charge in [-0.2, -0.15) is 0 Å². The molecule has 1 saturated carbocycles. The Kier molecular flexibility index (Phi) is 6.84. The van der Waals surface area contributed by atoms with Gasteiger partial charge in [-0.1, -0.05) is 40.5 Å². The normalized spacial score (nSPS) is 19.6. The van der Waals surface area contributed by atoms with E-state index in [4.69, 9.17) is 0 Å². The smallest absolute Gasteiger partial charge is 0.224 e. The monoisotopic (exact) mass is 268 g/mol. The molecule has 0 heterocycles. The van der Waals surface area contributed by atoms with Gasteiger partial charge in [-0.15, -0.1) is 0 Å². The van der Waals surface area contributed by atoms with Crippen LogP contribution in [0.2, 0.25) is 0 Å². The summed E-state index contributed by atoms with van der Waals surface area (Å²) < 4.78 is 0. The minimum atomic E-state index is 0.0671. The molecule has 19 heavy (non-hydrogen) atoms. The third-order valence-corrected chi connectivity index (χ3v) is 4.29. The van der Waals surface area contributed by atoms with E-state index in [1.54, 1.807) is 0 Å². The Labute approximate surface area is 118 Å². The summed E-state index contributed by atoms with van der Waals surface area (Å²) in [5.74, 6) is 0.989. The van der Waals surface area contributed by atoms with Gasteiger partial charge >= 0.3 is 0 Å². The molecule has 1 unspecified atom stereocenters. The summed E-state index contributed by atoms with van der Waals surface area (Å²) in [4.78, 5) is 12.1. The standard InChI is InChI=1S/C16H32N2O/c1-5-17-11-14(4)15(19)18-12-16(10-13(2)3)8-6-7-9-16/h13-14,17H,5-12H2,1-4H3,(H,18,19). The molecule has 1 atom stereocenters. The molecule has 0 aromatic rings. The molecule has 0 spiro atoms. The lowest BCUT2D eigenvalue weighted by Gasteiger charge is -2.31. The topological polar surface area (TPSA) is 41.1 Å². The average molecular weight is 268 g/mol. The molecule has 1 aliphatic rings. The average Bonchev–Trinajstić information content (AvgIpc) is 2.81. The van der Waals surface area contributed by atoms with Gasteiger partial charge in [0.05, 0.1) is 0 Å². The van der Waals surface area contributed by atoms with E-state index in [0.29, 0.717) is 11.3 Å². The second-order valence-corrected chi connectivity index (χ2v) is 6.73. The fourth-order valence-electron chi connectivity index (χ4n) is 3.35.